The molecule has 98 valence electrons. The first kappa shape index (κ1) is 13.3. The minimum atomic E-state index is -0.720. The van der Waals surface area contributed by atoms with Gasteiger partial charge in [-0.2, -0.15) is 11.8 Å². The van der Waals surface area contributed by atoms with E-state index in [0.29, 0.717) is 5.92 Å². The zero-order valence-electron chi connectivity index (χ0n) is 10.5. The molecule has 0 fully saturated rings. The van der Waals surface area contributed by atoms with Gasteiger partial charge in [0.25, 0.3) is 0 Å². The molecule has 0 bridgehead atoms. The first-order chi connectivity index (χ1) is 8.66. The third kappa shape index (κ3) is 3.42. The Morgan fingerprint density at radius 3 is 3.11 bits per heavy atom. The van der Waals surface area contributed by atoms with E-state index in [9.17, 15) is 4.79 Å². The number of rotatable bonds is 5. The van der Waals surface area contributed by atoms with Crippen LogP contribution in [0.4, 0.5) is 0 Å². The minimum absolute atomic E-state index is 0.164. The number of benzene rings is 1. The summed E-state index contributed by atoms with van der Waals surface area (Å²) in [6.45, 7) is 2.74. The van der Waals surface area contributed by atoms with Crippen molar-refractivity contribution < 1.29 is 14.6 Å². The van der Waals surface area contributed by atoms with E-state index in [0.717, 1.165) is 24.5 Å². The van der Waals surface area contributed by atoms with Crippen LogP contribution < -0.4 is 4.74 Å². The van der Waals surface area contributed by atoms with Crippen LogP contribution in [0.1, 0.15) is 31.2 Å². The molecule has 1 N–H and O–H groups in total. The summed E-state index contributed by atoms with van der Waals surface area (Å²) in [7, 11) is 0. The van der Waals surface area contributed by atoms with Gasteiger partial charge >= 0.3 is 5.97 Å². The fourth-order valence-corrected chi connectivity index (χ4v) is 3.34. The maximum Gasteiger partial charge on any atom is 0.304 e. The van der Waals surface area contributed by atoms with Crippen molar-refractivity contribution in [3.05, 3.63) is 29.8 Å². The molecule has 2 atom stereocenters. The number of para-hydroxylation sites is 1. The number of carboxylic acids is 1. The van der Waals surface area contributed by atoms with E-state index in [2.05, 4.69) is 6.07 Å². The van der Waals surface area contributed by atoms with Crippen LogP contribution in [0.15, 0.2) is 24.3 Å². The fourth-order valence-electron chi connectivity index (χ4n) is 2.17. The molecule has 4 heteroatoms. The number of carboxylic acid groups (broad SMARTS) is 1. The molecule has 2 unspecified atom stereocenters. The average Bonchev–Trinajstić information content (AvgIpc) is 2.35. The number of hydrogen-bond donors (Lipinski definition) is 1. The van der Waals surface area contributed by atoms with Crippen molar-refractivity contribution in [2.75, 3.05) is 12.4 Å². The molecule has 18 heavy (non-hydrogen) atoms. The van der Waals surface area contributed by atoms with Crippen molar-refractivity contribution in [1.29, 1.82) is 0 Å². The number of aliphatic carboxylic acids is 1. The topological polar surface area (TPSA) is 46.5 Å². The van der Waals surface area contributed by atoms with Gasteiger partial charge in [-0.3, -0.25) is 4.79 Å². The highest BCUT2D eigenvalue weighted by molar-refractivity contribution is 7.99. The highest BCUT2D eigenvalue weighted by Gasteiger charge is 2.22. The Kier molecular flexibility index (Phi) is 4.53. The lowest BCUT2D eigenvalue weighted by atomic mass is 9.95. The van der Waals surface area contributed by atoms with Crippen molar-refractivity contribution in [3.63, 3.8) is 0 Å². The first-order valence-electron chi connectivity index (χ1n) is 6.22. The Hall–Kier alpha value is -1.16. The van der Waals surface area contributed by atoms with Gasteiger partial charge in [0.05, 0.1) is 13.0 Å². The Morgan fingerprint density at radius 1 is 1.56 bits per heavy atom. The van der Waals surface area contributed by atoms with Gasteiger partial charge < -0.3 is 9.84 Å². The van der Waals surface area contributed by atoms with Crippen molar-refractivity contribution >= 4 is 17.7 Å². The molecular weight excluding hydrogens is 248 g/mol. The van der Waals surface area contributed by atoms with Gasteiger partial charge in [-0.05, 0) is 24.0 Å². The Balaban J connectivity index is 1.93. The van der Waals surface area contributed by atoms with E-state index in [1.165, 1.54) is 5.56 Å². The monoisotopic (exact) mass is 266 g/mol. The van der Waals surface area contributed by atoms with Crippen LogP contribution in [0.25, 0.3) is 0 Å². The Labute approximate surface area is 112 Å². The fraction of sp³-hybridized carbons (Fsp3) is 0.500. The minimum Gasteiger partial charge on any atom is -0.493 e. The smallest absolute Gasteiger partial charge is 0.304 e. The van der Waals surface area contributed by atoms with Gasteiger partial charge in [-0.1, -0.05) is 25.1 Å². The zero-order chi connectivity index (χ0) is 13.0. The number of fused-ring (bicyclic) bond motifs is 1. The summed E-state index contributed by atoms with van der Waals surface area (Å²) >= 11 is 1.74. The van der Waals surface area contributed by atoms with Crippen LogP contribution in [-0.2, 0) is 4.79 Å². The Bertz CT molecular complexity index is 419. The molecule has 0 radical (unpaired) electrons. The molecule has 1 aromatic carbocycles. The Morgan fingerprint density at radius 2 is 2.33 bits per heavy atom. The van der Waals surface area contributed by atoms with Gasteiger partial charge in [0.1, 0.15) is 5.75 Å². The van der Waals surface area contributed by atoms with Gasteiger partial charge in [-0.25, -0.2) is 0 Å². The molecule has 0 aliphatic carbocycles. The average molecular weight is 266 g/mol. The van der Waals surface area contributed by atoms with Crippen LogP contribution in [-0.4, -0.2) is 28.7 Å². The third-order valence-electron chi connectivity index (χ3n) is 3.13. The predicted octanol–water partition coefficient (Wildman–Crippen LogP) is 3.15. The van der Waals surface area contributed by atoms with E-state index in [4.69, 9.17) is 9.84 Å². The molecule has 1 aromatic rings. The molecule has 0 amide bonds. The summed E-state index contributed by atoms with van der Waals surface area (Å²) in [5, 5.41) is 8.91. The molecule has 0 spiro atoms. The number of hydrogen-bond acceptors (Lipinski definition) is 3. The predicted molar refractivity (Wildman–Crippen MR) is 73.5 cm³/mol. The summed E-state index contributed by atoms with van der Waals surface area (Å²) in [5.41, 5.74) is 1.26. The summed E-state index contributed by atoms with van der Waals surface area (Å²) in [5.74, 6) is 1.72. The molecule has 1 heterocycles. The van der Waals surface area contributed by atoms with Crippen LogP contribution in [0.5, 0.6) is 5.75 Å². The van der Waals surface area contributed by atoms with E-state index >= 15 is 0 Å². The number of ether oxygens (including phenoxy) is 1. The second-order valence-corrected chi connectivity index (χ2v) is 6.09. The summed E-state index contributed by atoms with van der Waals surface area (Å²) in [4.78, 5) is 10.6. The second-order valence-electron chi connectivity index (χ2n) is 4.61. The van der Waals surface area contributed by atoms with E-state index in [1.807, 2.05) is 25.1 Å². The lowest BCUT2D eigenvalue weighted by molar-refractivity contribution is -0.136. The molecule has 1 aliphatic rings. The van der Waals surface area contributed by atoms with Gasteiger partial charge in [-0.15, -0.1) is 0 Å². The summed E-state index contributed by atoms with van der Waals surface area (Å²) in [6.07, 6.45) is 1.25. The van der Waals surface area contributed by atoms with E-state index < -0.39 is 5.97 Å². The SMILES string of the molecule is CC(CC(=O)O)SCC1CCOc2ccccc21. The van der Waals surface area contributed by atoms with Crippen molar-refractivity contribution in [1.82, 2.24) is 0 Å². The zero-order valence-corrected chi connectivity index (χ0v) is 11.3. The first-order valence-corrected chi connectivity index (χ1v) is 7.27. The normalized spacial score (nSPS) is 19.7. The maximum absolute atomic E-state index is 10.6. The summed E-state index contributed by atoms with van der Waals surface area (Å²) in [6, 6.07) is 8.14. The van der Waals surface area contributed by atoms with Gasteiger partial charge in [0.2, 0.25) is 0 Å². The summed E-state index contributed by atoms with van der Waals surface area (Å²) < 4.78 is 5.62. The van der Waals surface area contributed by atoms with Crippen molar-refractivity contribution in [2.24, 2.45) is 0 Å². The molecule has 3 nitrogen and oxygen atoms in total. The third-order valence-corrected chi connectivity index (χ3v) is 4.46. The highest BCUT2D eigenvalue weighted by Crippen LogP contribution is 2.36. The van der Waals surface area contributed by atoms with Gasteiger partial charge in [0, 0.05) is 11.0 Å². The molecular formula is C14H18O3S. The second kappa shape index (κ2) is 6.14. The van der Waals surface area contributed by atoms with Crippen molar-refractivity contribution in [3.8, 4) is 5.75 Å². The standard InChI is InChI=1S/C14H18O3S/c1-10(8-14(15)16)18-9-11-6-7-17-13-5-3-2-4-12(11)13/h2-5,10-11H,6-9H2,1H3,(H,15,16). The van der Waals surface area contributed by atoms with Crippen molar-refractivity contribution in [2.45, 2.75) is 30.9 Å². The number of carbonyl (C=O) groups is 1. The van der Waals surface area contributed by atoms with Crippen LogP contribution in [0.3, 0.4) is 0 Å². The van der Waals surface area contributed by atoms with Gasteiger partial charge in [0.15, 0.2) is 0 Å². The molecule has 0 saturated carbocycles. The molecule has 0 aromatic heterocycles. The largest absolute Gasteiger partial charge is 0.493 e. The highest BCUT2D eigenvalue weighted by atomic mass is 32.2. The lowest BCUT2D eigenvalue weighted by Crippen LogP contribution is -2.17. The van der Waals surface area contributed by atoms with Crippen LogP contribution in [0, 0.1) is 0 Å². The molecule has 1 aliphatic heterocycles. The van der Waals surface area contributed by atoms with E-state index in [1.54, 1.807) is 11.8 Å². The maximum atomic E-state index is 10.6. The van der Waals surface area contributed by atoms with Crippen LogP contribution in [0.2, 0.25) is 0 Å². The molecule has 2 rings (SSSR count). The number of thioether (sulfide) groups is 1. The quantitative estimate of drug-likeness (QED) is 0.889. The van der Waals surface area contributed by atoms with Crippen LogP contribution >= 0.6 is 11.8 Å². The molecule has 0 saturated heterocycles. The lowest BCUT2D eigenvalue weighted by Gasteiger charge is -2.26. The van der Waals surface area contributed by atoms with E-state index in [-0.39, 0.29) is 11.7 Å².